The van der Waals surface area contributed by atoms with Crippen molar-refractivity contribution in [1.29, 1.82) is 0 Å². The molecule has 0 saturated carbocycles. The number of benzene rings is 1. The van der Waals surface area contributed by atoms with Gasteiger partial charge in [0.2, 0.25) is 11.8 Å². The summed E-state index contributed by atoms with van der Waals surface area (Å²) in [6, 6.07) is 10.3. The van der Waals surface area contributed by atoms with Crippen LogP contribution in [0.3, 0.4) is 0 Å². The van der Waals surface area contributed by atoms with Gasteiger partial charge >= 0.3 is 0 Å². The first-order valence-electron chi connectivity index (χ1n) is 8.09. The molecule has 3 rings (SSSR count). The summed E-state index contributed by atoms with van der Waals surface area (Å²) in [6.07, 6.45) is 1.39. The van der Waals surface area contributed by atoms with Crippen molar-refractivity contribution >= 4 is 36.4 Å². The first-order valence-corrected chi connectivity index (χ1v) is 8.09. The van der Waals surface area contributed by atoms with Crippen LogP contribution in [0.1, 0.15) is 6.92 Å². The molecule has 0 spiro atoms. The van der Waals surface area contributed by atoms with E-state index in [0.29, 0.717) is 30.5 Å². The molecule has 9 heteroatoms. The van der Waals surface area contributed by atoms with E-state index < -0.39 is 0 Å². The zero-order valence-corrected chi connectivity index (χ0v) is 16.6. The molecular weight excluding hydrogens is 393 g/mol. The molecule has 1 saturated heterocycles. The molecule has 148 valence electrons. The van der Waals surface area contributed by atoms with Gasteiger partial charge in [0.25, 0.3) is 0 Å². The molecular formula is C18H23Cl2N3O4. The van der Waals surface area contributed by atoms with Crippen LogP contribution in [0.2, 0.25) is 0 Å². The van der Waals surface area contributed by atoms with Crippen LogP contribution in [0.5, 0.6) is 17.4 Å². The summed E-state index contributed by atoms with van der Waals surface area (Å²) in [5.74, 6) is 1.71. The van der Waals surface area contributed by atoms with Gasteiger partial charge in [-0.25, -0.2) is 4.98 Å². The molecule has 1 fully saturated rings. The monoisotopic (exact) mass is 415 g/mol. The fraction of sp³-hybridized carbons (Fsp3) is 0.333. The summed E-state index contributed by atoms with van der Waals surface area (Å²) in [5, 5.41) is 5.98. The van der Waals surface area contributed by atoms with Gasteiger partial charge in [-0.2, -0.15) is 0 Å². The number of morpholine rings is 1. The maximum Gasteiger partial charge on any atom is 0.244 e. The number of rotatable bonds is 5. The second-order valence-corrected chi connectivity index (χ2v) is 5.66. The average Bonchev–Trinajstić information content (AvgIpc) is 2.64. The van der Waals surface area contributed by atoms with Gasteiger partial charge in [-0.15, -0.1) is 24.8 Å². The Kier molecular flexibility index (Phi) is 9.31. The van der Waals surface area contributed by atoms with Gasteiger partial charge in [0.05, 0.1) is 31.7 Å². The highest BCUT2D eigenvalue weighted by Crippen LogP contribution is 2.23. The van der Waals surface area contributed by atoms with E-state index in [9.17, 15) is 4.79 Å². The molecule has 1 aliphatic heterocycles. The Balaban J connectivity index is 0.00000182. The maximum atomic E-state index is 12.3. The number of amides is 1. The van der Waals surface area contributed by atoms with Gasteiger partial charge in [-0.1, -0.05) is 0 Å². The molecule has 27 heavy (non-hydrogen) atoms. The Bertz CT molecular complexity index is 714. The molecule has 2 N–H and O–H groups in total. The van der Waals surface area contributed by atoms with Crippen LogP contribution in [0, 0.1) is 0 Å². The fourth-order valence-corrected chi connectivity index (χ4v) is 2.53. The van der Waals surface area contributed by atoms with Crippen LogP contribution in [0.4, 0.5) is 5.69 Å². The summed E-state index contributed by atoms with van der Waals surface area (Å²) >= 11 is 0. The van der Waals surface area contributed by atoms with Gasteiger partial charge in [0, 0.05) is 12.6 Å². The highest BCUT2D eigenvalue weighted by Gasteiger charge is 2.28. The predicted molar refractivity (Wildman–Crippen MR) is 108 cm³/mol. The quantitative estimate of drug-likeness (QED) is 0.780. The van der Waals surface area contributed by atoms with Crippen molar-refractivity contribution in [2.24, 2.45) is 0 Å². The van der Waals surface area contributed by atoms with Crippen molar-refractivity contribution in [2.75, 3.05) is 25.6 Å². The van der Waals surface area contributed by atoms with Crippen LogP contribution >= 0.6 is 24.8 Å². The van der Waals surface area contributed by atoms with E-state index in [-0.39, 0.29) is 42.9 Å². The lowest BCUT2D eigenvalue weighted by molar-refractivity contribution is -0.123. The largest absolute Gasteiger partial charge is 0.497 e. The molecule has 0 unspecified atom stereocenters. The van der Waals surface area contributed by atoms with Crippen molar-refractivity contribution in [3.05, 3.63) is 42.6 Å². The summed E-state index contributed by atoms with van der Waals surface area (Å²) in [4.78, 5) is 16.5. The Morgan fingerprint density at radius 2 is 1.89 bits per heavy atom. The smallest absolute Gasteiger partial charge is 0.244 e. The molecule has 2 atom stereocenters. The maximum absolute atomic E-state index is 12.3. The van der Waals surface area contributed by atoms with Crippen molar-refractivity contribution in [2.45, 2.75) is 19.1 Å². The normalized spacial score (nSPS) is 18.4. The predicted octanol–water partition coefficient (Wildman–Crippen LogP) is 3.04. The van der Waals surface area contributed by atoms with Gasteiger partial charge in [-0.3, -0.25) is 4.79 Å². The lowest BCUT2D eigenvalue weighted by Crippen LogP contribution is -2.53. The molecule has 0 bridgehead atoms. The van der Waals surface area contributed by atoms with Crippen LogP contribution in [-0.2, 0) is 9.53 Å². The number of aromatic nitrogens is 1. The third-order valence-corrected chi connectivity index (χ3v) is 3.88. The summed E-state index contributed by atoms with van der Waals surface area (Å²) < 4.78 is 16.2. The first-order chi connectivity index (χ1) is 12.2. The summed E-state index contributed by atoms with van der Waals surface area (Å²) in [7, 11) is 1.61. The number of pyridine rings is 1. The third-order valence-electron chi connectivity index (χ3n) is 3.88. The van der Waals surface area contributed by atoms with Gasteiger partial charge in [0.15, 0.2) is 0 Å². The number of hydrogen-bond acceptors (Lipinski definition) is 6. The van der Waals surface area contributed by atoms with Gasteiger partial charge in [-0.05, 0) is 37.3 Å². The molecule has 2 aromatic rings. The van der Waals surface area contributed by atoms with Crippen LogP contribution in [0.25, 0.3) is 0 Å². The van der Waals surface area contributed by atoms with E-state index in [1.807, 2.05) is 19.1 Å². The van der Waals surface area contributed by atoms with Gasteiger partial charge < -0.3 is 24.8 Å². The number of halogens is 2. The van der Waals surface area contributed by atoms with E-state index in [2.05, 4.69) is 15.6 Å². The number of ether oxygens (including phenoxy) is 3. The molecule has 1 aromatic heterocycles. The van der Waals surface area contributed by atoms with Gasteiger partial charge in [0.1, 0.15) is 17.5 Å². The van der Waals surface area contributed by atoms with Crippen LogP contribution in [0.15, 0.2) is 42.6 Å². The zero-order valence-electron chi connectivity index (χ0n) is 15.0. The minimum absolute atomic E-state index is 0. The van der Waals surface area contributed by atoms with E-state index >= 15 is 0 Å². The Morgan fingerprint density at radius 3 is 2.48 bits per heavy atom. The van der Waals surface area contributed by atoms with E-state index in [4.69, 9.17) is 14.2 Å². The number of nitrogens with one attached hydrogen (secondary N) is 2. The second-order valence-electron chi connectivity index (χ2n) is 5.66. The van der Waals surface area contributed by atoms with E-state index in [1.54, 1.807) is 37.6 Å². The molecule has 2 heterocycles. The Morgan fingerprint density at radius 1 is 1.19 bits per heavy atom. The summed E-state index contributed by atoms with van der Waals surface area (Å²) in [5.41, 5.74) is 0.603. The molecule has 0 radical (unpaired) electrons. The Labute approximate surface area is 170 Å². The number of carbonyl (C=O) groups excluding carboxylic acids is 1. The Hall–Kier alpha value is -2.06. The van der Waals surface area contributed by atoms with Crippen molar-refractivity contribution in [3.8, 4) is 17.4 Å². The van der Waals surface area contributed by atoms with E-state index in [0.717, 1.165) is 5.75 Å². The highest BCUT2D eigenvalue weighted by molar-refractivity contribution is 5.95. The SMILES string of the molecule is COc1ccc(Oc2ccc(NC(=O)[C@H]3NCCO[C@@H]3C)cn2)cc1.Cl.Cl. The minimum Gasteiger partial charge on any atom is -0.497 e. The number of hydrogen-bond donors (Lipinski definition) is 2. The minimum atomic E-state index is -0.371. The number of nitrogens with zero attached hydrogens (tertiary/aromatic N) is 1. The lowest BCUT2D eigenvalue weighted by atomic mass is 10.1. The standard InChI is InChI=1S/C18H21N3O4.2ClH/c1-12-17(19-9-10-24-12)18(22)21-13-3-8-16(20-11-13)25-15-6-4-14(23-2)5-7-15;;/h3-8,11-12,17,19H,9-10H2,1-2H3,(H,21,22);2*1H/t12-,17+;;/m1../s1. The topological polar surface area (TPSA) is 81.7 Å². The summed E-state index contributed by atoms with van der Waals surface area (Å²) in [6.45, 7) is 3.15. The van der Waals surface area contributed by atoms with Crippen molar-refractivity contribution < 1.29 is 19.0 Å². The highest BCUT2D eigenvalue weighted by atomic mass is 35.5. The lowest BCUT2D eigenvalue weighted by Gasteiger charge is -2.29. The number of carbonyl (C=O) groups is 1. The van der Waals surface area contributed by atoms with Crippen LogP contribution in [-0.4, -0.2) is 43.3 Å². The number of methoxy groups -OCH3 is 1. The first kappa shape index (κ1) is 23.0. The second kappa shape index (κ2) is 10.9. The fourth-order valence-electron chi connectivity index (χ4n) is 2.53. The molecule has 7 nitrogen and oxygen atoms in total. The molecule has 0 aliphatic carbocycles. The van der Waals surface area contributed by atoms with Crippen LogP contribution < -0.4 is 20.1 Å². The van der Waals surface area contributed by atoms with Crippen molar-refractivity contribution in [1.82, 2.24) is 10.3 Å². The van der Waals surface area contributed by atoms with E-state index in [1.165, 1.54) is 0 Å². The molecule has 1 aromatic carbocycles. The molecule has 1 amide bonds. The average molecular weight is 416 g/mol. The zero-order chi connectivity index (χ0) is 17.6. The number of anilines is 1. The molecule has 1 aliphatic rings. The third kappa shape index (κ3) is 6.25. The van der Waals surface area contributed by atoms with Crippen molar-refractivity contribution in [3.63, 3.8) is 0 Å².